The van der Waals surface area contributed by atoms with Gasteiger partial charge in [0.05, 0.1) is 6.04 Å². The Hall–Kier alpha value is -1.88. The second-order valence-corrected chi connectivity index (χ2v) is 7.77. The molecule has 1 saturated heterocycles. The number of benzene rings is 2. The van der Waals surface area contributed by atoms with E-state index < -0.39 is 0 Å². The minimum Gasteiger partial charge on any atom is -0.359 e. The third-order valence-electron chi connectivity index (χ3n) is 4.82. The Labute approximate surface area is 172 Å². The first kappa shape index (κ1) is 19.9. The number of halogens is 1. The number of nitrogens with one attached hydrogen (secondary N) is 1. The van der Waals surface area contributed by atoms with E-state index in [1.54, 1.807) is 0 Å². The van der Waals surface area contributed by atoms with E-state index in [4.69, 9.17) is 23.8 Å². The molecule has 1 heterocycles. The Balaban J connectivity index is 1.75. The van der Waals surface area contributed by atoms with Crippen LogP contribution in [0.15, 0.2) is 66.7 Å². The Bertz CT molecular complexity index is 785. The lowest BCUT2D eigenvalue weighted by Crippen LogP contribution is -2.52. The molecule has 1 N–H and O–H groups in total. The lowest BCUT2D eigenvalue weighted by Gasteiger charge is -2.41. The highest BCUT2D eigenvalue weighted by Crippen LogP contribution is 2.33. The minimum absolute atomic E-state index is 0.152. The van der Waals surface area contributed by atoms with Crippen LogP contribution in [-0.4, -0.2) is 47.6 Å². The Morgan fingerprint density at radius 3 is 2.33 bits per heavy atom. The maximum atomic E-state index is 6.56. The van der Waals surface area contributed by atoms with Gasteiger partial charge in [-0.15, -0.1) is 0 Å². The van der Waals surface area contributed by atoms with E-state index in [-0.39, 0.29) is 6.04 Å². The summed E-state index contributed by atoms with van der Waals surface area (Å²) in [5, 5.41) is 4.91. The van der Waals surface area contributed by atoms with Crippen LogP contribution in [0.3, 0.4) is 0 Å². The fourth-order valence-corrected chi connectivity index (χ4v) is 3.93. The summed E-state index contributed by atoms with van der Waals surface area (Å²) in [6.45, 7) is 10.3. The molecule has 27 heavy (non-hydrogen) atoms. The molecule has 0 amide bonds. The molecule has 3 nitrogen and oxygen atoms in total. The normalized spacial score (nSPS) is 16.0. The van der Waals surface area contributed by atoms with Crippen LogP contribution in [0.5, 0.6) is 0 Å². The zero-order chi connectivity index (χ0) is 19.2. The summed E-state index contributed by atoms with van der Waals surface area (Å²) in [7, 11) is 0. The van der Waals surface area contributed by atoms with Crippen molar-refractivity contribution in [1.82, 2.24) is 15.1 Å². The van der Waals surface area contributed by atoms with Crippen molar-refractivity contribution in [3.63, 3.8) is 0 Å². The monoisotopic (exact) mass is 399 g/mol. The molecule has 1 aliphatic rings. The van der Waals surface area contributed by atoms with Crippen molar-refractivity contribution in [2.24, 2.45) is 0 Å². The van der Waals surface area contributed by atoms with Crippen LogP contribution in [0.1, 0.15) is 24.1 Å². The lowest BCUT2D eigenvalue weighted by atomic mass is 9.96. The Morgan fingerprint density at radius 1 is 1.07 bits per heavy atom. The molecular formula is C22H26ClN3S. The van der Waals surface area contributed by atoms with Crippen LogP contribution < -0.4 is 5.32 Å². The zero-order valence-electron chi connectivity index (χ0n) is 15.7. The molecule has 5 heteroatoms. The highest BCUT2D eigenvalue weighted by Gasteiger charge is 2.28. The number of thiocarbonyl (C=S) groups is 1. The van der Waals surface area contributed by atoms with Gasteiger partial charge in [-0.3, -0.25) is 4.90 Å². The summed E-state index contributed by atoms with van der Waals surface area (Å²) in [6, 6.07) is 18.9. The molecule has 0 aromatic heterocycles. The van der Waals surface area contributed by atoms with Gasteiger partial charge in [-0.1, -0.05) is 72.3 Å². The molecule has 142 valence electrons. The Kier molecular flexibility index (Phi) is 6.89. The SMILES string of the molecule is C=C(C)CNC(=S)N1CCN([C@@H](c2ccccc2)c2ccccc2Cl)CC1. The molecular weight excluding hydrogens is 374 g/mol. The second-order valence-electron chi connectivity index (χ2n) is 6.97. The molecule has 0 saturated carbocycles. The van der Waals surface area contributed by atoms with Crippen molar-refractivity contribution in [2.45, 2.75) is 13.0 Å². The highest BCUT2D eigenvalue weighted by molar-refractivity contribution is 7.80. The minimum atomic E-state index is 0.152. The van der Waals surface area contributed by atoms with Gasteiger partial charge in [0.15, 0.2) is 5.11 Å². The average molecular weight is 400 g/mol. The third kappa shape index (κ3) is 5.10. The number of hydrogen-bond donors (Lipinski definition) is 1. The molecule has 1 aliphatic heterocycles. The van der Waals surface area contributed by atoms with Gasteiger partial charge >= 0.3 is 0 Å². The summed E-state index contributed by atoms with van der Waals surface area (Å²) in [5.41, 5.74) is 3.50. The van der Waals surface area contributed by atoms with Gasteiger partial charge in [0, 0.05) is 37.7 Å². The summed E-state index contributed by atoms with van der Waals surface area (Å²) in [5.74, 6) is 0. The molecule has 1 atom stereocenters. The summed E-state index contributed by atoms with van der Waals surface area (Å²) in [6.07, 6.45) is 0. The summed E-state index contributed by atoms with van der Waals surface area (Å²) >= 11 is 12.1. The van der Waals surface area contributed by atoms with Crippen LogP contribution in [0.2, 0.25) is 5.02 Å². The maximum Gasteiger partial charge on any atom is 0.169 e. The summed E-state index contributed by atoms with van der Waals surface area (Å²) in [4.78, 5) is 4.73. The quantitative estimate of drug-likeness (QED) is 0.589. The van der Waals surface area contributed by atoms with E-state index in [9.17, 15) is 0 Å². The van der Waals surface area contributed by atoms with Crippen molar-refractivity contribution >= 4 is 28.9 Å². The third-order valence-corrected chi connectivity index (χ3v) is 5.57. The summed E-state index contributed by atoms with van der Waals surface area (Å²) < 4.78 is 0. The van der Waals surface area contributed by atoms with E-state index >= 15 is 0 Å². The molecule has 1 fully saturated rings. The predicted octanol–water partition coefficient (Wildman–Crippen LogP) is 4.50. The topological polar surface area (TPSA) is 18.5 Å². The van der Waals surface area contributed by atoms with Gasteiger partial charge in [-0.2, -0.15) is 0 Å². The fourth-order valence-electron chi connectivity index (χ4n) is 3.44. The van der Waals surface area contributed by atoms with Crippen molar-refractivity contribution in [3.8, 4) is 0 Å². The first-order valence-corrected chi connectivity index (χ1v) is 10.1. The fraction of sp³-hybridized carbons (Fsp3) is 0.318. The predicted molar refractivity (Wildman–Crippen MR) is 118 cm³/mol. The van der Waals surface area contributed by atoms with Crippen LogP contribution in [0.4, 0.5) is 0 Å². The lowest BCUT2D eigenvalue weighted by molar-refractivity contribution is 0.150. The smallest absolute Gasteiger partial charge is 0.169 e. The standard InChI is InChI=1S/C22H26ClN3S/c1-17(2)16-24-22(27)26-14-12-25(13-15-26)21(18-8-4-3-5-9-18)19-10-6-7-11-20(19)23/h3-11,21H,1,12-16H2,2H3,(H,24,27)/t21-/m0/s1. The largest absolute Gasteiger partial charge is 0.359 e. The molecule has 2 aromatic rings. The molecule has 0 aliphatic carbocycles. The number of hydrogen-bond acceptors (Lipinski definition) is 2. The highest BCUT2D eigenvalue weighted by atomic mass is 35.5. The van der Waals surface area contributed by atoms with Crippen molar-refractivity contribution in [2.75, 3.05) is 32.7 Å². The van der Waals surface area contributed by atoms with Crippen molar-refractivity contribution in [1.29, 1.82) is 0 Å². The second kappa shape index (κ2) is 9.36. The molecule has 0 spiro atoms. The molecule has 0 unspecified atom stereocenters. The van der Waals surface area contributed by atoms with E-state index in [0.29, 0.717) is 0 Å². The first-order chi connectivity index (χ1) is 13.1. The van der Waals surface area contributed by atoms with Crippen LogP contribution >= 0.6 is 23.8 Å². The Morgan fingerprint density at radius 2 is 1.70 bits per heavy atom. The van der Waals surface area contributed by atoms with Gasteiger partial charge in [0.2, 0.25) is 0 Å². The molecule has 3 rings (SSSR count). The molecule has 0 bridgehead atoms. The van der Waals surface area contributed by atoms with Gasteiger partial charge in [0.25, 0.3) is 0 Å². The van der Waals surface area contributed by atoms with Crippen LogP contribution in [0, 0.1) is 0 Å². The van der Waals surface area contributed by atoms with Crippen LogP contribution in [0.25, 0.3) is 0 Å². The van der Waals surface area contributed by atoms with Gasteiger partial charge < -0.3 is 10.2 Å². The van der Waals surface area contributed by atoms with E-state index in [1.165, 1.54) is 5.56 Å². The first-order valence-electron chi connectivity index (χ1n) is 9.27. The molecule has 2 aromatic carbocycles. The van der Waals surface area contributed by atoms with Gasteiger partial charge in [0.1, 0.15) is 0 Å². The number of piperazine rings is 1. The van der Waals surface area contributed by atoms with Crippen LogP contribution in [-0.2, 0) is 0 Å². The van der Waals surface area contributed by atoms with Crippen molar-refractivity contribution in [3.05, 3.63) is 82.9 Å². The number of rotatable bonds is 5. The maximum absolute atomic E-state index is 6.56. The molecule has 0 radical (unpaired) electrons. The van der Waals surface area contributed by atoms with E-state index in [1.807, 2.05) is 19.1 Å². The van der Waals surface area contributed by atoms with Gasteiger partial charge in [-0.25, -0.2) is 0 Å². The average Bonchev–Trinajstić information content (AvgIpc) is 2.69. The zero-order valence-corrected chi connectivity index (χ0v) is 17.3. The number of nitrogens with zero attached hydrogens (tertiary/aromatic N) is 2. The van der Waals surface area contributed by atoms with Crippen molar-refractivity contribution < 1.29 is 0 Å². The van der Waals surface area contributed by atoms with E-state index in [2.05, 4.69) is 64.2 Å². The van der Waals surface area contributed by atoms with E-state index in [0.717, 1.165) is 54.0 Å². The van der Waals surface area contributed by atoms with Gasteiger partial charge in [-0.05, 0) is 36.3 Å².